The Morgan fingerprint density at radius 2 is 1.79 bits per heavy atom. The van der Waals surface area contributed by atoms with Crippen LogP contribution in [0, 0.1) is 29.6 Å². The van der Waals surface area contributed by atoms with Crippen molar-refractivity contribution in [1.29, 1.82) is 0 Å². The summed E-state index contributed by atoms with van der Waals surface area (Å²) in [6.07, 6.45) is 6.74. The van der Waals surface area contributed by atoms with E-state index >= 15 is 0 Å². The van der Waals surface area contributed by atoms with Crippen LogP contribution >= 0.6 is 0 Å². The lowest BCUT2D eigenvalue weighted by Gasteiger charge is -2.49. The number of nitrogens with one attached hydrogen (secondary N) is 1. The van der Waals surface area contributed by atoms with Crippen LogP contribution in [0.4, 0.5) is 0 Å². The van der Waals surface area contributed by atoms with Gasteiger partial charge in [-0.3, -0.25) is 9.59 Å². The highest BCUT2D eigenvalue weighted by Crippen LogP contribution is 2.41. The van der Waals surface area contributed by atoms with Crippen LogP contribution in [0.2, 0.25) is 0 Å². The molecule has 5 N–H and O–H groups in total. The third-order valence-corrected chi connectivity index (χ3v) is 11.3. The number of hydrogen-bond acceptors (Lipinski definition) is 12. The van der Waals surface area contributed by atoms with Gasteiger partial charge in [0, 0.05) is 67.8 Å². The van der Waals surface area contributed by atoms with Gasteiger partial charge in [-0.2, -0.15) is 0 Å². The number of amides is 1. The molecule has 13 nitrogen and oxygen atoms in total. The van der Waals surface area contributed by atoms with E-state index in [0.717, 1.165) is 23.3 Å². The number of ketones is 1. The zero-order valence-electron chi connectivity index (χ0n) is 34.5. The van der Waals surface area contributed by atoms with Gasteiger partial charge in [-0.15, -0.1) is 0 Å². The van der Waals surface area contributed by atoms with Gasteiger partial charge >= 0.3 is 11.9 Å². The summed E-state index contributed by atoms with van der Waals surface area (Å²) in [5.74, 6) is -7.30. The average Bonchev–Trinajstić information content (AvgIpc) is 3.46. The van der Waals surface area contributed by atoms with Crippen molar-refractivity contribution in [3.63, 3.8) is 0 Å². The van der Waals surface area contributed by atoms with Crippen LogP contribution in [0.25, 0.3) is 0 Å². The maximum atomic E-state index is 13.6. The zero-order chi connectivity index (χ0) is 42.1. The van der Waals surface area contributed by atoms with E-state index in [9.17, 15) is 39.6 Å². The Kier molecular flexibility index (Phi) is 17.0. The van der Waals surface area contributed by atoms with E-state index < -0.39 is 77.9 Å². The van der Waals surface area contributed by atoms with Crippen molar-refractivity contribution in [3.05, 3.63) is 70.7 Å². The molecule has 0 bridgehead atoms. The van der Waals surface area contributed by atoms with Gasteiger partial charge in [-0.25, -0.2) is 9.59 Å². The summed E-state index contributed by atoms with van der Waals surface area (Å²) in [5.41, 5.74) is 1.92. The molecule has 0 aromatic rings. The number of carbonyl (C=O) groups excluding carboxylic acids is 4. The van der Waals surface area contributed by atoms with Crippen molar-refractivity contribution >= 4 is 23.6 Å². The molecule has 312 valence electrons. The first kappa shape index (κ1) is 46.5. The molecule has 1 saturated heterocycles. The summed E-state index contributed by atoms with van der Waals surface area (Å²) < 4.78 is 23.9. The quantitative estimate of drug-likeness (QED) is 0.143. The van der Waals surface area contributed by atoms with Crippen LogP contribution in [0.5, 0.6) is 0 Å². The fourth-order valence-electron chi connectivity index (χ4n) is 7.75. The molecule has 3 rings (SSSR count). The predicted octanol–water partition coefficient (Wildman–Crippen LogP) is 5.22. The summed E-state index contributed by atoms with van der Waals surface area (Å²) in [6.45, 7) is 16.4. The van der Waals surface area contributed by atoms with Gasteiger partial charge in [-0.1, -0.05) is 77.0 Å². The van der Waals surface area contributed by atoms with Crippen LogP contribution in [0.1, 0.15) is 94.4 Å². The number of aliphatic hydroxyl groups excluding tert-OH is 3. The van der Waals surface area contributed by atoms with Crippen LogP contribution in [0.15, 0.2) is 70.7 Å². The number of cyclic esters (lactones) is 1. The van der Waals surface area contributed by atoms with E-state index in [1.54, 1.807) is 39.0 Å². The molecule has 0 saturated carbocycles. The third kappa shape index (κ3) is 12.1. The van der Waals surface area contributed by atoms with Crippen LogP contribution < -0.4 is 5.32 Å². The van der Waals surface area contributed by atoms with E-state index in [0.29, 0.717) is 18.4 Å². The van der Waals surface area contributed by atoms with Crippen molar-refractivity contribution in [2.45, 2.75) is 137 Å². The number of ether oxygens (including phenoxy) is 4. The molecule has 1 fully saturated rings. The molecular formula is C43H63NO12. The minimum absolute atomic E-state index is 0.0259. The summed E-state index contributed by atoms with van der Waals surface area (Å²) in [5, 5.41) is 47.1. The molecule has 12 unspecified atom stereocenters. The molecule has 2 heterocycles. The molecule has 12 atom stereocenters. The monoisotopic (exact) mass is 785 g/mol. The molecule has 2 aliphatic heterocycles. The molecule has 0 spiro atoms. The lowest BCUT2D eigenvalue weighted by atomic mass is 9.77. The van der Waals surface area contributed by atoms with Gasteiger partial charge in [0.15, 0.2) is 11.6 Å². The van der Waals surface area contributed by atoms with Crippen molar-refractivity contribution in [3.8, 4) is 0 Å². The molecule has 1 aliphatic carbocycles. The smallest absolute Gasteiger partial charge is 0.334 e. The molecule has 0 aromatic carbocycles. The molecular weight excluding hydrogens is 722 g/mol. The first-order valence-corrected chi connectivity index (χ1v) is 19.6. The van der Waals surface area contributed by atoms with Crippen LogP contribution in [-0.2, 0) is 38.1 Å². The van der Waals surface area contributed by atoms with E-state index in [1.807, 2.05) is 53.7 Å². The summed E-state index contributed by atoms with van der Waals surface area (Å²) >= 11 is 0. The second-order valence-corrected chi connectivity index (χ2v) is 15.9. The van der Waals surface area contributed by atoms with Gasteiger partial charge in [0.1, 0.15) is 29.8 Å². The minimum atomic E-state index is -1.99. The van der Waals surface area contributed by atoms with E-state index in [2.05, 4.69) is 5.32 Å². The van der Waals surface area contributed by atoms with Crippen molar-refractivity contribution in [2.24, 2.45) is 29.6 Å². The maximum absolute atomic E-state index is 13.6. The Hall–Kier alpha value is -3.88. The highest BCUT2D eigenvalue weighted by atomic mass is 16.6. The topological polar surface area (TPSA) is 198 Å². The van der Waals surface area contributed by atoms with Gasteiger partial charge in [0.25, 0.3) is 0 Å². The molecule has 1 amide bonds. The van der Waals surface area contributed by atoms with Gasteiger partial charge in [-0.05, 0) is 45.6 Å². The number of allylic oxidation sites excluding steroid dienone is 7. The summed E-state index contributed by atoms with van der Waals surface area (Å²) in [7, 11) is 1.47. The zero-order valence-corrected chi connectivity index (χ0v) is 34.5. The highest BCUT2D eigenvalue weighted by Gasteiger charge is 2.52. The number of hydrogen-bond donors (Lipinski definition) is 5. The van der Waals surface area contributed by atoms with Crippen LogP contribution in [-0.4, -0.2) is 93.6 Å². The highest BCUT2D eigenvalue weighted by molar-refractivity contribution is 6.04. The Morgan fingerprint density at radius 1 is 1.11 bits per heavy atom. The molecule has 0 aromatic heterocycles. The standard InChI is InChI=1S/C43H63NO12/c1-11-33-28(7)35(54-37(48)18-17-36(47)44-38-31(45)15-16-32(38)46)22-43(52,56-33)30(9)40(50)29(8)41-34(53-10)14-12-13-23(2)19-25(4)39(49)26(5)20-24(3)21-27(6)42(51)55-41/h12-14,17-18,20-21,25-26,28-30,33-35,39-41,45,49-50,52H,11,15-16,19,22H2,1-10H3,(H,44,47)/b14-12+,18-17+,23-13+,24-20?,27-21+. The number of methoxy groups -OCH3 is 1. The third-order valence-electron chi connectivity index (χ3n) is 11.3. The maximum Gasteiger partial charge on any atom is 0.334 e. The first-order chi connectivity index (χ1) is 26.2. The van der Waals surface area contributed by atoms with Crippen molar-refractivity contribution in [2.75, 3.05) is 7.11 Å². The van der Waals surface area contributed by atoms with Crippen molar-refractivity contribution < 1.29 is 58.6 Å². The Morgan fingerprint density at radius 3 is 2.39 bits per heavy atom. The Bertz CT molecular complexity index is 1620. The Labute approximate surface area is 331 Å². The number of carbonyl (C=O) groups is 4. The average molecular weight is 786 g/mol. The van der Waals surface area contributed by atoms with Gasteiger partial charge in [0.2, 0.25) is 5.91 Å². The largest absolute Gasteiger partial charge is 0.510 e. The normalized spacial score (nSPS) is 35.3. The fraction of sp³-hybridized carbons (Fsp3) is 0.628. The first-order valence-electron chi connectivity index (χ1n) is 19.6. The number of rotatable bonds is 10. The fourth-order valence-corrected chi connectivity index (χ4v) is 7.75. The molecule has 0 radical (unpaired) electrons. The SMILES string of the molecule is CCC1OC(O)(C(C)C(O)C(C)C2OC(=O)/C(C)=C/C(C)=CC(C)C(O)C(C)C/C(C)=C/C=C/C2OC)CC(OC(=O)/C=C/C(=O)NC2=C(O)CCC2=O)C1C. The minimum Gasteiger partial charge on any atom is -0.510 e. The summed E-state index contributed by atoms with van der Waals surface area (Å²) in [4.78, 5) is 50.8. The second kappa shape index (κ2) is 20.5. The number of esters is 2. The summed E-state index contributed by atoms with van der Waals surface area (Å²) in [6, 6.07) is 0. The lowest BCUT2D eigenvalue weighted by molar-refractivity contribution is -0.323. The van der Waals surface area contributed by atoms with E-state index in [4.69, 9.17) is 18.9 Å². The molecule has 13 heteroatoms. The molecule has 56 heavy (non-hydrogen) atoms. The number of Topliss-reactive ketones (excluding diaryl/α,β-unsaturated/α-hetero) is 1. The lowest BCUT2D eigenvalue weighted by Crippen LogP contribution is -2.58. The molecule has 3 aliphatic rings. The van der Waals surface area contributed by atoms with Crippen molar-refractivity contribution in [1.82, 2.24) is 5.32 Å². The predicted molar refractivity (Wildman–Crippen MR) is 209 cm³/mol. The van der Waals surface area contributed by atoms with E-state index in [1.165, 1.54) is 7.11 Å². The van der Waals surface area contributed by atoms with E-state index in [-0.39, 0.29) is 48.5 Å². The van der Waals surface area contributed by atoms with Crippen LogP contribution in [0.3, 0.4) is 0 Å². The number of aliphatic hydroxyl groups is 4. The Balaban J connectivity index is 1.87. The van der Waals surface area contributed by atoms with Gasteiger partial charge in [0.05, 0.1) is 18.3 Å². The van der Waals surface area contributed by atoms with Gasteiger partial charge < -0.3 is 44.7 Å². The second-order valence-electron chi connectivity index (χ2n) is 15.9.